The van der Waals surface area contributed by atoms with Crippen LogP contribution in [0.2, 0.25) is 0 Å². The van der Waals surface area contributed by atoms with Crippen LogP contribution in [0.15, 0.2) is 30.3 Å². The standard InChI is InChI=1S/C15H18N6O/c16-21-13(22)12(10-11-6-2-1-3-7-11)20-14(17-18-19-20)15(21)8-4-5-9-15/h1-3,6-7,12H,4-5,8-10,16H2. The minimum atomic E-state index is -0.520. The zero-order valence-electron chi connectivity index (χ0n) is 12.2. The molecule has 22 heavy (non-hydrogen) atoms. The molecule has 7 heteroatoms. The van der Waals surface area contributed by atoms with E-state index in [0.717, 1.165) is 37.1 Å². The predicted molar refractivity (Wildman–Crippen MR) is 78.2 cm³/mol. The molecule has 4 rings (SSSR count). The van der Waals surface area contributed by atoms with Crippen molar-refractivity contribution >= 4 is 5.91 Å². The zero-order valence-corrected chi connectivity index (χ0v) is 12.2. The van der Waals surface area contributed by atoms with Gasteiger partial charge in [0.1, 0.15) is 11.6 Å². The van der Waals surface area contributed by atoms with Crippen molar-refractivity contribution in [1.82, 2.24) is 25.2 Å². The summed E-state index contributed by atoms with van der Waals surface area (Å²) in [4.78, 5) is 12.8. The largest absolute Gasteiger partial charge is 0.271 e. The van der Waals surface area contributed by atoms with E-state index in [0.29, 0.717) is 6.42 Å². The van der Waals surface area contributed by atoms with Crippen molar-refractivity contribution < 1.29 is 4.79 Å². The van der Waals surface area contributed by atoms with Crippen molar-refractivity contribution in [2.75, 3.05) is 0 Å². The van der Waals surface area contributed by atoms with Gasteiger partial charge in [-0.1, -0.05) is 43.2 Å². The van der Waals surface area contributed by atoms with Crippen LogP contribution in [0.1, 0.15) is 43.1 Å². The van der Waals surface area contributed by atoms with Crippen LogP contribution in [0.5, 0.6) is 0 Å². The lowest BCUT2D eigenvalue weighted by molar-refractivity contribution is -0.147. The summed E-state index contributed by atoms with van der Waals surface area (Å²) in [6, 6.07) is 9.40. The van der Waals surface area contributed by atoms with E-state index in [4.69, 9.17) is 5.84 Å². The average Bonchev–Trinajstić information content (AvgIpc) is 3.21. The highest BCUT2D eigenvalue weighted by Crippen LogP contribution is 2.45. The van der Waals surface area contributed by atoms with Gasteiger partial charge in [0.2, 0.25) is 0 Å². The van der Waals surface area contributed by atoms with Crippen LogP contribution < -0.4 is 5.84 Å². The molecule has 1 saturated carbocycles. The van der Waals surface area contributed by atoms with Crippen molar-refractivity contribution in [3.05, 3.63) is 41.7 Å². The summed E-state index contributed by atoms with van der Waals surface area (Å²) in [5.41, 5.74) is 0.548. The first-order chi connectivity index (χ1) is 10.7. The molecule has 1 unspecified atom stereocenters. The van der Waals surface area contributed by atoms with Gasteiger partial charge in [-0.05, 0) is 28.8 Å². The quantitative estimate of drug-likeness (QED) is 0.658. The molecule has 0 bridgehead atoms. The molecule has 1 spiro atoms. The molecule has 1 fully saturated rings. The SMILES string of the molecule is NN1C(=O)C(Cc2ccccc2)n2nnnc2C12CCCC2. The van der Waals surface area contributed by atoms with E-state index in [-0.39, 0.29) is 5.91 Å². The number of hydrogen-bond acceptors (Lipinski definition) is 5. The Hall–Kier alpha value is -2.28. The number of hydrogen-bond donors (Lipinski definition) is 1. The monoisotopic (exact) mass is 298 g/mol. The van der Waals surface area contributed by atoms with Crippen molar-refractivity contribution in [2.45, 2.75) is 43.7 Å². The van der Waals surface area contributed by atoms with Crippen molar-refractivity contribution in [3.63, 3.8) is 0 Å². The van der Waals surface area contributed by atoms with E-state index in [1.165, 1.54) is 5.01 Å². The van der Waals surface area contributed by atoms with Gasteiger partial charge in [0, 0.05) is 6.42 Å². The maximum absolute atomic E-state index is 12.8. The summed E-state index contributed by atoms with van der Waals surface area (Å²) in [7, 11) is 0. The molecule has 0 radical (unpaired) electrons. The third-order valence-corrected chi connectivity index (χ3v) is 4.89. The van der Waals surface area contributed by atoms with Gasteiger partial charge in [-0.2, -0.15) is 0 Å². The minimum Gasteiger partial charge on any atom is -0.271 e. The summed E-state index contributed by atoms with van der Waals surface area (Å²) in [6.07, 6.45) is 4.28. The number of hydrazine groups is 1. The molecule has 1 amide bonds. The number of fused-ring (bicyclic) bond motifs is 2. The van der Waals surface area contributed by atoms with Gasteiger partial charge in [0.25, 0.3) is 5.91 Å². The Kier molecular flexibility index (Phi) is 2.97. The Bertz CT molecular complexity index is 691. The second-order valence-corrected chi connectivity index (χ2v) is 6.10. The molecule has 1 aromatic heterocycles. The number of tetrazole rings is 1. The van der Waals surface area contributed by atoms with Gasteiger partial charge in [-0.25, -0.2) is 10.5 Å². The van der Waals surface area contributed by atoms with Crippen LogP contribution in [0.4, 0.5) is 0 Å². The lowest BCUT2D eigenvalue weighted by atomic mass is 9.90. The van der Waals surface area contributed by atoms with Crippen LogP contribution in [-0.2, 0) is 16.8 Å². The smallest absolute Gasteiger partial charge is 0.262 e. The number of aromatic nitrogens is 4. The summed E-state index contributed by atoms with van der Waals surface area (Å²) >= 11 is 0. The summed E-state index contributed by atoms with van der Waals surface area (Å²) in [5, 5.41) is 13.5. The Labute approximate surface area is 128 Å². The highest BCUT2D eigenvalue weighted by molar-refractivity contribution is 5.82. The molecule has 2 N–H and O–H groups in total. The summed E-state index contributed by atoms with van der Waals surface area (Å²) in [6.45, 7) is 0. The van der Waals surface area contributed by atoms with Crippen LogP contribution in [0, 0.1) is 0 Å². The highest BCUT2D eigenvalue weighted by atomic mass is 16.2. The van der Waals surface area contributed by atoms with Gasteiger partial charge < -0.3 is 0 Å². The summed E-state index contributed by atoms with van der Waals surface area (Å²) in [5.74, 6) is 6.84. The highest BCUT2D eigenvalue weighted by Gasteiger charge is 2.52. The number of carbonyl (C=O) groups is 1. The van der Waals surface area contributed by atoms with Crippen molar-refractivity contribution in [2.24, 2.45) is 5.84 Å². The van der Waals surface area contributed by atoms with Gasteiger partial charge >= 0.3 is 0 Å². The number of nitrogens with zero attached hydrogens (tertiary/aromatic N) is 5. The van der Waals surface area contributed by atoms with Crippen LogP contribution in [0.3, 0.4) is 0 Å². The van der Waals surface area contributed by atoms with Gasteiger partial charge in [-0.3, -0.25) is 9.80 Å². The molecule has 2 aromatic rings. The maximum Gasteiger partial charge on any atom is 0.262 e. The zero-order chi connectivity index (χ0) is 15.2. The van der Waals surface area contributed by atoms with Crippen LogP contribution in [-0.4, -0.2) is 31.1 Å². The third-order valence-electron chi connectivity index (χ3n) is 4.89. The molecule has 7 nitrogen and oxygen atoms in total. The van der Waals surface area contributed by atoms with Crippen molar-refractivity contribution in [1.29, 1.82) is 0 Å². The van der Waals surface area contributed by atoms with Crippen LogP contribution >= 0.6 is 0 Å². The number of amides is 1. The predicted octanol–water partition coefficient (Wildman–Crippen LogP) is 0.942. The Morgan fingerprint density at radius 1 is 1.23 bits per heavy atom. The lowest BCUT2D eigenvalue weighted by Crippen LogP contribution is -2.60. The summed E-state index contributed by atoms with van der Waals surface area (Å²) < 4.78 is 1.68. The molecule has 1 aromatic carbocycles. The Morgan fingerprint density at radius 3 is 2.68 bits per heavy atom. The first-order valence-electron chi connectivity index (χ1n) is 7.63. The second kappa shape index (κ2) is 4.88. The van der Waals surface area contributed by atoms with E-state index in [1.54, 1.807) is 4.68 Å². The topological polar surface area (TPSA) is 89.9 Å². The average molecular weight is 298 g/mol. The number of rotatable bonds is 2. The fourth-order valence-electron chi connectivity index (χ4n) is 3.73. The number of carbonyl (C=O) groups excluding carboxylic acids is 1. The molecule has 1 atom stereocenters. The second-order valence-electron chi connectivity index (χ2n) is 6.10. The Balaban J connectivity index is 1.76. The maximum atomic E-state index is 12.8. The van der Waals surface area contributed by atoms with Gasteiger partial charge in [0.05, 0.1) is 0 Å². The van der Waals surface area contributed by atoms with E-state index in [2.05, 4.69) is 15.5 Å². The first kappa shape index (κ1) is 13.4. The fraction of sp³-hybridized carbons (Fsp3) is 0.467. The molecule has 1 aliphatic carbocycles. The molecular formula is C15H18N6O. The van der Waals surface area contributed by atoms with E-state index in [9.17, 15) is 4.79 Å². The van der Waals surface area contributed by atoms with E-state index >= 15 is 0 Å². The normalized spacial score (nSPS) is 23.0. The first-order valence-corrected chi connectivity index (χ1v) is 7.63. The molecule has 114 valence electrons. The molecule has 1 aliphatic heterocycles. The molecule has 2 heterocycles. The van der Waals surface area contributed by atoms with E-state index in [1.807, 2.05) is 30.3 Å². The Morgan fingerprint density at radius 2 is 1.95 bits per heavy atom. The number of nitrogens with two attached hydrogens (primary N) is 1. The third kappa shape index (κ3) is 1.78. The van der Waals surface area contributed by atoms with Crippen molar-refractivity contribution in [3.8, 4) is 0 Å². The lowest BCUT2D eigenvalue weighted by Gasteiger charge is -2.42. The molecule has 0 saturated heterocycles. The fourth-order valence-corrected chi connectivity index (χ4v) is 3.73. The van der Waals surface area contributed by atoms with Crippen LogP contribution in [0.25, 0.3) is 0 Å². The minimum absolute atomic E-state index is 0.106. The molecular weight excluding hydrogens is 280 g/mol. The number of benzene rings is 1. The van der Waals surface area contributed by atoms with E-state index < -0.39 is 11.6 Å². The molecule has 2 aliphatic rings. The van der Waals surface area contributed by atoms with Gasteiger partial charge in [0.15, 0.2) is 5.82 Å². The van der Waals surface area contributed by atoms with Gasteiger partial charge in [-0.15, -0.1) is 5.10 Å².